The smallest absolute Gasteiger partial charge is 0.303 e. The highest BCUT2D eigenvalue weighted by Gasteiger charge is 2.07. The van der Waals surface area contributed by atoms with E-state index in [0.29, 0.717) is 5.88 Å². The third-order valence-electron chi connectivity index (χ3n) is 5.62. The second-order valence-electron chi connectivity index (χ2n) is 8.51. The van der Waals surface area contributed by atoms with Gasteiger partial charge in [0.25, 0.3) is 0 Å². The third kappa shape index (κ3) is 12.9. The molecule has 0 bridgehead atoms. The van der Waals surface area contributed by atoms with Crippen molar-refractivity contribution in [3.8, 4) is 0 Å². The number of azo groups is 1. The molecule has 198 valence electrons. The molecule has 0 amide bonds. The van der Waals surface area contributed by atoms with E-state index < -0.39 is 5.97 Å². The Morgan fingerprint density at radius 1 is 0.889 bits per heavy atom. The van der Waals surface area contributed by atoms with Crippen molar-refractivity contribution in [1.82, 2.24) is 0 Å². The fraction of sp³-hybridized carbons (Fsp3) is 0.519. The molecule has 0 aromatic heterocycles. The van der Waals surface area contributed by atoms with Crippen molar-refractivity contribution in [1.29, 1.82) is 0 Å². The lowest BCUT2D eigenvalue weighted by atomic mass is 10.2. The molecule has 0 atom stereocenters. The largest absolute Gasteiger partial charge is 0.481 e. The lowest BCUT2D eigenvalue weighted by molar-refractivity contribution is -0.137. The van der Waals surface area contributed by atoms with Crippen LogP contribution in [-0.4, -0.2) is 48.1 Å². The van der Waals surface area contributed by atoms with Gasteiger partial charge in [-0.05, 0) is 86.4 Å². The quantitative estimate of drug-likeness (QED) is 0.0588. The van der Waals surface area contributed by atoms with Crippen LogP contribution in [0.2, 0.25) is 0 Å². The van der Waals surface area contributed by atoms with Gasteiger partial charge in [0.05, 0.1) is 5.69 Å². The van der Waals surface area contributed by atoms with E-state index >= 15 is 0 Å². The highest BCUT2D eigenvalue weighted by molar-refractivity contribution is 7.99. The Kier molecular flexibility index (Phi) is 16.3. The second-order valence-corrected chi connectivity index (χ2v) is 10.4. The first kappa shape index (κ1) is 30.4. The minimum absolute atomic E-state index is 0.241. The first-order valence-electron chi connectivity index (χ1n) is 12.8. The minimum atomic E-state index is -0.725. The van der Waals surface area contributed by atoms with Gasteiger partial charge in [0.15, 0.2) is 0 Å². The number of anilines is 2. The van der Waals surface area contributed by atoms with E-state index in [-0.39, 0.29) is 6.42 Å². The maximum absolute atomic E-state index is 10.6. The molecule has 2 aromatic rings. The van der Waals surface area contributed by atoms with Crippen LogP contribution in [0.4, 0.5) is 17.1 Å². The molecule has 2 aromatic carbocycles. The summed E-state index contributed by atoms with van der Waals surface area (Å²) in [6.07, 6.45) is 7.36. The monoisotopic (exact) mass is 548 g/mol. The van der Waals surface area contributed by atoms with Gasteiger partial charge in [-0.15, -0.1) is 0 Å². The zero-order chi connectivity index (χ0) is 25.8. The van der Waals surface area contributed by atoms with Gasteiger partial charge < -0.3 is 15.3 Å². The van der Waals surface area contributed by atoms with Gasteiger partial charge in [0.2, 0.25) is 0 Å². The highest BCUT2D eigenvalue weighted by Crippen LogP contribution is 2.28. The van der Waals surface area contributed by atoms with E-state index in [2.05, 4.69) is 70.0 Å². The number of unbranched alkanes of at least 4 members (excludes halogenated alkanes) is 4. The summed E-state index contributed by atoms with van der Waals surface area (Å²) in [4.78, 5) is 14.2. The minimum Gasteiger partial charge on any atom is -0.481 e. The number of carboxylic acids is 1. The van der Waals surface area contributed by atoms with Crippen LogP contribution in [0.15, 0.2) is 63.7 Å². The highest BCUT2D eigenvalue weighted by atomic mass is 32.2. The summed E-state index contributed by atoms with van der Waals surface area (Å²) in [6, 6.07) is 16.5. The number of carbonyl (C=O) groups is 1. The standard InChI is InChI=1S/C27H40N4O2S3/c32-27(33)12-2-1-5-17-28-25-10-3-4-11-26(25)36-22-29-30-23-13-15-24(16-14-23)31(18-6-8-20-34)19-7-9-21-35/h3-4,10-11,13-16,28,34-35H,1-2,5-9,12,17-22H2,(H,32,33). The van der Waals surface area contributed by atoms with E-state index in [1.54, 1.807) is 11.8 Å². The Bertz CT molecular complexity index is 887. The van der Waals surface area contributed by atoms with Crippen molar-refractivity contribution in [2.45, 2.75) is 56.3 Å². The van der Waals surface area contributed by atoms with Crippen LogP contribution in [0.1, 0.15) is 51.4 Å². The number of hydrogen-bond donors (Lipinski definition) is 4. The number of hydrogen-bond acceptors (Lipinski definition) is 8. The number of nitrogens with one attached hydrogen (secondary N) is 1. The van der Waals surface area contributed by atoms with Gasteiger partial charge in [0.1, 0.15) is 5.88 Å². The molecule has 0 aliphatic heterocycles. The molecule has 0 aliphatic carbocycles. The van der Waals surface area contributed by atoms with E-state index in [4.69, 9.17) is 5.11 Å². The van der Waals surface area contributed by atoms with E-state index in [9.17, 15) is 4.79 Å². The number of carboxylic acid groups (broad SMARTS) is 1. The van der Waals surface area contributed by atoms with Gasteiger partial charge in [0, 0.05) is 42.3 Å². The Labute approximate surface area is 231 Å². The molecule has 6 nitrogen and oxygen atoms in total. The van der Waals surface area contributed by atoms with Crippen LogP contribution in [0.25, 0.3) is 0 Å². The zero-order valence-corrected chi connectivity index (χ0v) is 23.6. The first-order valence-corrected chi connectivity index (χ1v) is 15.0. The van der Waals surface area contributed by atoms with Gasteiger partial charge in [-0.3, -0.25) is 4.79 Å². The zero-order valence-electron chi connectivity index (χ0n) is 21.0. The number of thiol groups is 2. The average Bonchev–Trinajstić information content (AvgIpc) is 2.89. The summed E-state index contributed by atoms with van der Waals surface area (Å²) < 4.78 is 0. The van der Waals surface area contributed by atoms with Crippen molar-refractivity contribution in [2.24, 2.45) is 10.2 Å². The maximum atomic E-state index is 10.6. The van der Waals surface area contributed by atoms with E-state index in [1.807, 2.05) is 24.3 Å². The molecule has 0 radical (unpaired) electrons. The second kappa shape index (κ2) is 19.3. The van der Waals surface area contributed by atoms with E-state index in [0.717, 1.165) is 92.4 Å². The predicted octanol–water partition coefficient (Wildman–Crippen LogP) is 7.80. The summed E-state index contributed by atoms with van der Waals surface area (Å²) in [5, 5.41) is 21.0. The lowest BCUT2D eigenvalue weighted by Gasteiger charge is -2.25. The molecule has 36 heavy (non-hydrogen) atoms. The summed E-state index contributed by atoms with van der Waals surface area (Å²) in [5.74, 6) is 1.67. The molecule has 0 aliphatic rings. The Morgan fingerprint density at radius 2 is 1.58 bits per heavy atom. The van der Waals surface area contributed by atoms with Crippen LogP contribution in [0.3, 0.4) is 0 Å². The molecular formula is C27H40N4O2S3. The number of thioether (sulfide) groups is 1. The van der Waals surface area contributed by atoms with Crippen molar-refractivity contribution in [3.63, 3.8) is 0 Å². The summed E-state index contributed by atoms with van der Waals surface area (Å²) >= 11 is 10.3. The summed E-state index contributed by atoms with van der Waals surface area (Å²) in [6.45, 7) is 2.91. The predicted molar refractivity (Wildman–Crippen MR) is 161 cm³/mol. The molecule has 0 saturated carbocycles. The topological polar surface area (TPSA) is 77.3 Å². The molecule has 2 N–H and O–H groups in total. The van der Waals surface area contributed by atoms with Gasteiger partial charge in [-0.2, -0.15) is 35.5 Å². The van der Waals surface area contributed by atoms with Gasteiger partial charge in [-0.1, -0.05) is 30.3 Å². The number of nitrogens with zero attached hydrogens (tertiary/aromatic N) is 3. The number of aliphatic carboxylic acids is 1. The fourth-order valence-corrected chi connectivity index (χ4v) is 4.85. The number of rotatable bonds is 20. The molecule has 0 fully saturated rings. The number of para-hydroxylation sites is 1. The Balaban J connectivity index is 1.81. The van der Waals surface area contributed by atoms with Crippen molar-refractivity contribution in [2.75, 3.05) is 47.2 Å². The lowest BCUT2D eigenvalue weighted by Crippen LogP contribution is -2.25. The van der Waals surface area contributed by atoms with Crippen molar-refractivity contribution < 1.29 is 9.90 Å². The molecule has 0 unspecified atom stereocenters. The van der Waals surface area contributed by atoms with Crippen LogP contribution in [0.5, 0.6) is 0 Å². The molecule has 0 heterocycles. The first-order chi connectivity index (χ1) is 17.6. The van der Waals surface area contributed by atoms with Gasteiger partial charge in [-0.25, -0.2) is 0 Å². The van der Waals surface area contributed by atoms with Crippen molar-refractivity contribution >= 4 is 60.1 Å². The molecule has 0 saturated heterocycles. The normalized spacial score (nSPS) is 11.2. The Hall–Kier alpha value is -1.84. The molecule has 9 heteroatoms. The molecular weight excluding hydrogens is 509 g/mol. The van der Waals surface area contributed by atoms with Crippen LogP contribution < -0.4 is 10.2 Å². The van der Waals surface area contributed by atoms with Gasteiger partial charge >= 0.3 is 5.97 Å². The van der Waals surface area contributed by atoms with Crippen molar-refractivity contribution in [3.05, 3.63) is 48.5 Å². The summed E-state index contributed by atoms with van der Waals surface area (Å²) in [7, 11) is 0. The van der Waals surface area contributed by atoms with Crippen LogP contribution in [-0.2, 0) is 4.79 Å². The third-order valence-corrected chi connectivity index (χ3v) is 7.17. The summed E-state index contributed by atoms with van der Waals surface area (Å²) in [5.41, 5.74) is 3.17. The fourth-order valence-electron chi connectivity index (χ4n) is 3.68. The molecule has 0 spiro atoms. The number of benzene rings is 2. The average molecular weight is 549 g/mol. The van der Waals surface area contributed by atoms with Crippen LogP contribution >= 0.6 is 37.0 Å². The van der Waals surface area contributed by atoms with Crippen LogP contribution in [0, 0.1) is 0 Å². The SMILES string of the molecule is O=C(O)CCCCCNc1ccccc1SCN=Nc1ccc(N(CCCCS)CCCCS)cc1. The molecule has 2 rings (SSSR count). The Morgan fingerprint density at radius 3 is 2.25 bits per heavy atom. The maximum Gasteiger partial charge on any atom is 0.303 e. The van der Waals surface area contributed by atoms with E-state index in [1.165, 1.54) is 5.69 Å².